The number of aromatic nitrogens is 1. The number of hydrogen-bond acceptors (Lipinski definition) is 5. The van der Waals surface area contributed by atoms with Crippen molar-refractivity contribution in [1.82, 2.24) is 9.71 Å². The van der Waals surface area contributed by atoms with Crippen LogP contribution in [0.15, 0.2) is 5.38 Å². The summed E-state index contributed by atoms with van der Waals surface area (Å²) in [5.74, 6) is 0.173. The zero-order valence-corrected chi connectivity index (χ0v) is 10.2. The van der Waals surface area contributed by atoms with E-state index in [0.29, 0.717) is 24.5 Å². The van der Waals surface area contributed by atoms with Crippen molar-refractivity contribution in [3.8, 4) is 0 Å². The first-order valence-corrected chi connectivity index (χ1v) is 7.24. The van der Waals surface area contributed by atoms with Crippen LogP contribution in [0.3, 0.4) is 0 Å². The SMILES string of the molecule is CCCS(=O)(=O)NCCc1csc(N)n1. The average molecular weight is 249 g/mol. The quantitative estimate of drug-likeness (QED) is 0.773. The van der Waals surface area contributed by atoms with Crippen molar-refractivity contribution < 1.29 is 8.42 Å². The number of anilines is 1. The summed E-state index contributed by atoms with van der Waals surface area (Å²) < 4.78 is 25.1. The number of sulfonamides is 1. The van der Waals surface area contributed by atoms with Gasteiger partial charge < -0.3 is 5.73 Å². The Morgan fingerprint density at radius 1 is 1.60 bits per heavy atom. The van der Waals surface area contributed by atoms with Crippen molar-refractivity contribution in [3.05, 3.63) is 11.1 Å². The Morgan fingerprint density at radius 2 is 2.33 bits per heavy atom. The maximum Gasteiger partial charge on any atom is 0.211 e. The highest BCUT2D eigenvalue weighted by atomic mass is 32.2. The van der Waals surface area contributed by atoms with Gasteiger partial charge in [-0.05, 0) is 6.42 Å². The zero-order valence-electron chi connectivity index (χ0n) is 8.56. The molecule has 0 aliphatic carbocycles. The summed E-state index contributed by atoms with van der Waals surface area (Å²) in [4.78, 5) is 4.04. The lowest BCUT2D eigenvalue weighted by atomic mass is 10.3. The molecule has 5 nitrogen and oxygen atoms in total. The smallest absolute Gasteiger partial charge is 0.211 e. The molecule has 0 aliphatic heterocycles. The number of nitrogen functional groups attached to an aromatic ring is 1. The summed E-state index contributed by atoms with van der Waals surface area (Å²) >= 11 is 1.36. The fourth-order valence-electron chi connectivity index (χ4n) is 1.11. The number of nitrogens with two attached hydrogens (primary N) is 1. The molecular weight excluding hydrogens is 234 g/mol. The van der Waals surface area contributed by atoms with Gasteiger partial charge in [0.25, 0.3) is 0 Å². The van der Waals surface area contributed by atoms with Crippen LogP contribution in [-0.4, -0.2) is 25.7 Å². The third-order valence-corrected chi connectivity index (χ3v) is 4.06. The lowest BCUT2D eigenvalue weighted by molar-refractivity contribution is 0.580. The molecule has 0 atom stereocenters. The van der Waals surface area contributed by atoms with Crippen LogP contribution >= 0.6 is 11.3 Å². The van der Waals surface area contributed by atoms with Crippen LogP contribution in [0.1, 0.15) is 19.0 Å². The van der Waals surface area contributed by atoms with E-state index in [1.54, 1.807) is 0 Å². The lowest BCUT2D eigenvalue weighted by Crippen LogP contribution is -2.28. The van der Waals surface area contributed by atoms with Crippen LogP contribution in [-0.2, 0) is 16.4 Å². The Hall–Kier alpha value is -0.660. The molecule has 86 valence electrons. The largest absolute Gasteiger partial charge is 0.375 e. The van der Waals surface area contributed by atoms with Gasteiger partial charge >= 0.3 is 0 Å². The molecule has 3 N–H and O–H groups in total. The molecule has 1 rings (SSSR count). The van der Waals surface area contributed by atoms with E-state index in [4.69, 9.17) is 5.73 Å². The Kier molecular flexibility index (Phi) is 4.49. The molecule has 0 radical (unpaired) electrons. The third kappa shape index (κ3) is 4.59. The van der Waals surface area contributed by atoms with E-state index in [0.717, 1.165) is 5.69 Å². The van der Waals surface area contributed by atoms with E-state index in [1.165, 1.54) is 11.3 Å². The van der Waals surface area contributed by atoms with Gasteiger partial charge in [0, 0.05) is 18.3 Å². The predicted molar refractivity (Wildman–Crippen MR) is 62.3 cm³/mol. The van der Waals surface area contributed by atoms with Gasteiger partial charge in [0.15, 0.2) is 5.13 Å². The predicted octanol–water partition coefficient (Wildman–Crippen LogP) is 0.597. The maximum absolute atomic E-state index is 11.3. The number of rotatable bonds is 6. The first kappa shape index (κ1) is 12.4. The van der Waals surface area contributed by atoms with Crippen molar-refractivity contribution in [1.29, 1.82) is 0 Å². The van der Waals surface area contributed by atoms with E-state index in [9.17, 15) is 8.42 Å². The molecule has 0 saturated heterocycles. The van der Waals surface area contributed by atoms with Gasteiger partial charge in [0.1, 0.15) is 0 Å². The summed E-state index contributed by atoms with van der Waals surface area (Å²) in [5, 5.41) is 2.35. The number of nitrogens with one attached hydrogen (secondary N) is 1. The molecule has 0 bridgehead atoms. The molecule has 1 aromatic rings. The first-order chi connectivity index (χ1) is 7.03. The summed E-state index contributed by atoms with van der Waals surface area (Å²) in [6.07, 6.45) is 1.20. The van der Waals surface area contributed by atoms with Crippen LogP contribution in [0.5, 0.6) is 0 Å². The summed E-state index contributed by atoms with van der Waals surface area (Å²) in [6.45, 7) is 2.21. The van der Waals surface area contributed by atoms with Crippen molar-refractivity contribution >= 4 is 26.5 Å². The molecule has 0 aliphatic rings. The second-order valence-electron chi connectivity index (χ2n) is 3.14. The second-order valence-corrected chi connectivity index (χ2v) is 5.96. The lowest BCUT2D eigenvalue weighted by Gasteiger charge is -2.03. The standard InChI is InChI=1S/C8H15N3O2S2/c1-2-5-15(12,13)10-4-3-7-6-14-8(9)11-7/h6,10H,2-5H2,1H3,(H2,9,11). The van der Waals surface area contributed by atoms with Gasteiger partial charge in [-0.2, -0.15) is 0 Å². The van der Waals surface area contributed by atoms with Crippen LogP contribution in [0, 0.1) is 0 Å². The van der Waals surface area contributed by atoms with Crippen LogP contribution < -0.4 is 10.5 Å². The van der Waals surface area contributed by atoms with Gasteiger partial charge in [-0.15, -0.1) is 11.3 Å². The number of nitrogens with zero attached hydrogens (tertiary/aromatic N) is 1. The van der Waals surface area contributed by atoms with Gasteiger partial charge in [0.2, 0.25) is 10.0 Å². The molecular formula is C8H15N3O2S2. The summed E-state index contributed by atoms with van der Waals surface area (Å²) in [5.41, 5.74) is 6.28. The zero-order chi connectivity index (χ0) is 11.3. The first-order valence-electron chi connectivity index (χ1n) is 4.70. The molecule has 0 unspecified atom stereocenters. The molecule has 1 heterocycles. The minimum Gasteiger partial charge on any atom is -0.375 e. The Labute approximate surface area is 93.8 Å². The van der Waals surface area contributed by atoms with Crippen molar-refractivity contribution in [2.24, 2.45) is 0 Å². The maximum atomic E-state index is 11.3. The van der Waals surface area contributed by atoms with E-state index in [-0.39, 0.29) is 5.75 Å². The van der Waals surface area contributed by atoms with Gasteiger partial charge in [-0.3, -0.25) is 0 Å². The minimum atomic E-state index is -3.10. The second kappa shape index (κ2) is 5.43. The molecule has 0 spiro atoms. The fourth-order valence-corrected chi connectivity index (χ4v) is 2.81. The Balaban J connectivity index is 2.33. The molecule has 0 fully saturated rings. The monoisotopic (exact) mass is 249 g/mol. The number of thiazole rings is 1. The van der Waals surface area contributed by atoms with E-state index < -0.39 is 10.0 Å². The normalized spacial score (nSPS) is 11.8. The minimum absolute atomic E-state index is 0.173. The van der Waals surface area contributed by atoms with E-state index >= 15 is 0 Å². The van der Waals surface area contributed by atoms with Crippen LogP contribution in [0.2, 0.25) is 0 Å². The molecule has 0 aromatic carbocycles. The Bertz CT molecular complexity index is 400. The fraction of sp³-hybridized carbons (Fsp3) is 0.625. The highest BCUT2D eigenvalue weighted by molar-refractivity contribution is 7.89. The Morgan fingerprint density at radius 3 is 2.87 bits per heavy atom. The van der Waals surface area contributed by atoms with Gasteiger partial charge in [-0.25, -0.2) is 18.1 Å². The van der Waals surface area contributed by atoms with Crippen LogP contribution in [0.4, 0.5) is 5.13 Å². The third-order valence-electron chi connectivity index (χ3n) is 1.75. The van der Waals surface area contributed by atoms with Crippen molar-refractivity contribution in [3.63, 3.8) is 0 Å². The summed E-state index contributed by atoms with van der Waals surface area (Å²) in [7, 11) is -3.10. The topological polar surface area (TPSA) is 85.1 Å². The highest BCUT2D eigenvalue weighted by Gasteiger charge is 2.07. The van der Waals surface area contributed by atoms with Gasteiger partial charge in [0.05, 0.1) is 11.4 Å². The van der Waals surface area contributed by atoms with Gasteiger partial charge in [-0.1, -0.05) is 6.92 Å². The molecule has 1 aromatic heterocycles. The van der Waals surface area contributed by atoms with Crippen molar-refractivity contribution in [2.75, 3.05) is 18.0 Å². The summed E-state index contributed by atoms with van der Waals surface area (Å²) in [6, 6.07) is 0. The van der Waals surface area contributed by atoms with E-state index in [1.807, 2.05) is 12.3 Å². The number of hydrogen-bond donors (Lipinski definition) is 2. The molecule has 0 saturated carbocycles. The molecule has 0 amide bonds. The molecule has 7 heteroatoms. The average Bonchev–Trinajstić information content (AvgIpc) is 2.51. The highest BCUT2D eigenvalue weighted by Crippen LogP contribution is 2.10. The molecule has 15 heavy (non-hydrogen) atoms. The van der Waals surface area contributed by atoms with Crippen LogP contribution in [0.25, 0.3) is 0 Å². The van der Waals surface area contributed by atoms with E-state index in [2.05, 4.69) is 9.71 Å². The van der Waals surface area contributed by atoms with Crippen molar-refractivity contribution in [2.45, 2.75) is 19.8 Å².